The van der Waals surface area contributed by atoms with Crippen LogP contribution in [-0.2, 0) is 4.74 Å². The zero-order chi connectivity index (χ0) is 18.9. The average Bonchev–Trinajstić information content (AvgIpc) is 3.29. The third-order valence-electron chi connectivity index (χ3n) is 5.44. The van der Waals surface area contributed by atoms with Crippen molar-refractivity contribution >= 4 is 28.4 Å². The number of fused-ring (bicyclic) bond motifs is 1. The molecule has 28 heavy (non-hydrogen) atoms. The number of nitrogens with zero attached hydrogens (tertiary/aromatic N) is 6. The smallest absolute Gasteiger partial charge is 0.167 e. The number of hydrogen-bond donors (Lipinski definition) is 1. The van der Waals surface area contributed by atoms with E-state index in [1.54, 1.807) is 0 Å². The van der Waals surface area contributed by atoms with Crippen LogP contribution >= 0.6 is 0 Å². The summed E-state index contributed by atoms with van der Waals surface area (Å²) in [5.74, 6) is 1.45. The number of hydrogen-bond acceptors (Lipinski definition) is 8. The van der Waals surface area contributed by atoms with Crippen LogP contribution in [0.25, 0.3) is 22.3 Å². The van der Waals surface area contributed by atoms with Crippen LogP contribution in [0.1, 0.15) is 12.8 Å². The van der Waals surface area contributed by atoms with Gasteiger partial charge in [0.25, 0.3) is 0 Å². The Labute approximate surface area is 163 Å². The van der Waals surface area contributed by atoms with Gasteiger partial charge in [-0.25, -0.2) is 19.9 Å². The van der Waals surface area contributed by atoms with Crippen LogP contribution in [-0.4, -0.2) is 59.3 Å². The summed E-state index contributed by atoms with van der Waals surface area (Å²) in [6, 6.07) is 6.22. The highest BCUT2D eigenvalue weighted by atomic mass is 16.5. The number of pyridine rings is 2. The van der Waals surface area contributed by atoms with Gasteiger partial charge in [-0.1, -0.05) is 0 Å². The van der Waals surface area contributed by atoms with Crippen molar-refractivity contribution in [1.29, 1.82) is 0 Å². The zero-order valence-electron chi connectivity index (χ0n) is 15.7. The van der Waals surface area contributed by atoms with Crippen molar-refractivity contribution < 1.29 is 4.74 Å². The van der Waals surface area contributed by atoms with Crippen molar-refractivity contribution in [3.8, 4) is 11.3 Å². The number of rotatable bonds is 3. The lowest BCUT2D eigenvalue weighted by molar-refractivity contribution is 0.122. The van der Waals surface area contributed by atoms with Gasteiger partial charge >= 0.3 is 0 Å². The molecule has 3 aromatic rings. The molecule has 2 fully saturated rings. The third-order valence-corrected chi connectivity index (χ3v) is 5.44. The molecule has 0 aliphatic carbocycles. The summed E-state index contributed by atoms with van der Waals surface area (Å²) in [5.41, 5.74) is 9.69. The van der Waals surface area contributed by atoms with E-state index in [0.29, 0.717) is 11.5 Å². The lowest BCUT2D eigenvalue weighted by atomic mass is 10.1. The second-order valence-corrected chi connectivity index (χ2v) is 7.18. The van der Waals surface area contributed by atoms with Crippen molar-refractivity contribution in [2.45, 2.75) is 12.8 Å². The van der Waals surface area contributed by atoms with Gasteiger partial charge in [0, 0.05) is 37.9 Å². The lowest BCUT2D eigenvalue weighted by Crippen LogP contribution is -2.36. The molecule has 0 radical (unpaired) electrons. The predicted octanol–water partition coefficient (Wildman–Crippen LogP) is 2.11. The second-order valence-electron chi connectivity index (χ2n) is 7.18. The monoisotopic (exact) mass is 377 g/mol. The second kappa shape index (κ2) is 7.20. The summed E-state index contributed by atoms with van der Waals surface area (Å²) in [6.07, 6.45) is 5.73. The van der Waals surface area contributed by atoms with Crippen molar-refractivity contribution in [3.63, 3.8) is 0 Å². The molecule has 2 aliphatic rings. The van der Waals surface area contributed by atoms with Crippen LogP contribution in [0.5, 0.6) is 0 Å². The molecule has 2 aliphatic heterocycles. The number of nitrogens with two attached hydrogens (primary N) is 1. The van der Waals surface area contributed by atoms with E-state index in [1.165, 1.54) is 19.2 Å². The van der Waals surface area contributed by atoms with Crippen LogP contribution in [0.2, 0.25) is 0 Å². The van der Waals surface area contributed by atoms with E-state index in [2.05, 4.69) is 43.0 Å². The van der Waals surface area contributed by atoms with Crippen molar-refractivity contribution in [3.05, 3.63) is 30.7 Å². The minimum Gasteiger partial charge on any atom is -0.383 e. The molecule has 0 unspecified atom stereocenters. The summed E-state index contributed by atoms with van der Waals surface area (Å²) >= 11 is 0. The highest BCUT2D eigenvalue weighted by Crippen LogP contribution is 2.34. The van der Waals surface area contributed by atoms with Gasteiger partial charge in [-0.2, -0.15) is 0 Å². The number of morpholine rings is 1. The molecule has 0 amide bonds. The standard InChI is InChI=1S/C20H23N7O/c21-19-18-16(26-5-1-2-6-26)11-15(25-20(18)24-13-23-19)14-3-4-17(22-12-14)27-7-9-28-10-8-27/h3-4,11-13H,1-2,5-10H2,(H2,21,23,24,25). The number of aromatic nitrogens is 4. The summed E-state index contributed by atoms with van der Waals surface area (Å²) in [6.45, 7) is 5.26. The molecule has 2 N–H and O–H groups in total. The lowest BCUT2D eigenvalue weighted by Gasteiger charge is -2.27. The Morgan fingerprint density at radius 3 is 2.50 bits per heavy atom. The normalized spacial score (nSPS) is 17.4. The molecule has 0 bridgehead atoms. The molecule has 2 saturated heterocycles. The third kappa shape index (κ3) is 3.09. The van der Waals surface area contributed by atoms with Crippen LogP contribution < -0.4 is 15.5 Å². The van der Waals surface area contributed by atoms with Crippen molar-refractivity contribution in [1.82, 2.24) is 19.9 Å². The zero-order valence-corrected chi connectivity index (χ0v) is 15.7. The summed E-state index contributed by atoms with van der Waals surface area (Å²) in [4.78, 5) is 22.6. The first kappa shape index (κ1) is 17.1. The summed E-state index contributed by atoms with van der Waals surface area (Å²) in [5, 5.41) is 0.839. The Hall–Kier alpha value is -3.00. The quantitative estimate of drug-likeness (QED) is 0.742. The Balaban J connectivity index is 1.55. The first-order chi connectivity index (χ1) is 13.8. The Morgan fingerprint density at radius 2 is 1.75 bits per heavy atom. The Kier molecular flexibility index (Phi) is 4.40. The van der Waals surface area contributed by atoms with Gasteiger partial charge in [-0.05, 0) is 31.0 Å². The van der Waals surface area contributed by atoms with Gasteiger partial charge in [0.15, 0.2) is 5.65 Å². The fourth-order valence-corrected chi connectivity index (χ4v) is 3.94. The van der Waals surface area contributed by atoms with Gasteiger partial charge in [-0.3, -0.25) is 0 Å². The minimum absolute atomic E-state index is 0.478. The van der Waals surface area contributed by atoms with E-state index < -0.39 is 0 Å². The maximum absolute atomic E-state index is 6.17. The minimum atomic E-state index is 0.478. The molecule has 8 heteroatoms. The van der Waals surface area contributed by atoms with Gasteiger partial charge in [0.1, 0.15) is 18.0 Å². The Morgan fingerprint density at radius 1 is 0.929 bits per heavy atom. The molecule has 5 heterocycles. The van der Waals surface area contributed by atoms with E-state index in [-0.39, 0.29) is 0 Å². The van der Waals surface area contributed by atoms with E-state index >= 15 is 0 Å². The number of nitrogen functional groups attached to an aromatic ring is 1. The van der Waals surface area contributed by atoms with Crippen molar-refractivity contribution in [2.75, 3.05) is 54.9 Å². The predicted molar refractivity (Wildman–Crippen MR) is 109 cm³/mol. The molecule has 8 nitrogen and oxygen atoms in total. The SMILES string of the molecule is Nc1ncnc2nc(-c3ccc(N4CCOCC4)nc3)cc(N3CCCC3)c12. The molecule has 0 spiro atoms. The fourth-order valence-electron chi connectivity index (χ4n) is 3.94. The van der Waals surface area contributed by atoms with Crippen LogP contribution in [0.15, 0.2) is 30.7 Å². The molecular weight excluding hydrogens is 354 g/mol. The Bertz CT molecular complexity index is 980. The largest absolute Gasteiger partial charge is 0.383 e. The number of ether oxygens (including phenoxy) is 1. The topological polar surface area (TPSA) is 93.3 Å². The summed E-state index contributed by atoms with van der Waals surface area (Å²) in [7, 11) is 0. The van der Waals surface area contributed by atoms with E-state index in [4.69, 9.17) is 15.5 Å². The maximum atomic E-state index is 6.17. The molecule has 3 aromatic heterocycles. The number of anilines is 3. The van der Waals surface area contributed by atoms with Gasteiger partial charge < -0.3 is 20.3 Å². The highest BCUT2D eigenvalue weighted by Gasteiger charge is 2.20. The van der Waals surface area contributed by atoms with Crippen molar-refractivity contribution in [2.24, 2.45) is 0 Å². The maximum Gasteiger partial charge on any atom is 0.167 e. The molecular formula is C20H23N7O. The van der Waals surface area contributed by atoms with Crippen LogP contribution in [0.3, 0.4) is 0 Å². The van der Waals surface area contributed by atoms with Crippen LogP contribution in [0, 0.1) is 0 Å². The highest BCUT2D eigenvalue weighted by molar-refractivity contribution is 5.99. The van der Waals surface area contributed by atoms with Gasteiger partial charge in [0.2, 0.25) is 0 Å². The first-order valence-corrected chi connectivity index (χ1v) is 9.75. The molecule has 0 aromatic carbocycles. The van der Waals surface area contributed by atoms with Gasteiger partial charge in [0.05, 0.1) is 30.0 Å². The fraction of sp³-hybridized carbons (Fsp3) is 0.400. The average molecular weight is 377 g/mol. The van der Waals surface area contributed by atoms with Gasteiger partial charge in [-0.15, -0.1) is 0 Å². The summed E-state index contributed by atoms with van der Waals surface area (Å²) < 4.78 is 5.42. The molecule has 0 atom stereocenters. The van der Waals surface area contributed by atoms with E-state index in [9.17, 15) is 0 Å². The molecule has 5 rings (SSSR count). The van der Waals surface area contributed by atoms with E-state index in [1.807, 2.05) is 6.20 Å². The van der Waals surface area contributed by atoms with Crippen LogP contribution in [0.4, 0.5) is 17.3 Å². The molecule has 0 saturated carbocycles. The first-order valence-electron chi connectivity index (χ1n) is 9.75. The molecule has 144 valence electrons. The van der Waals surface area contributed by atoms with E-state index in [0.717, 1.165) is 67.5 Å².